The van der Waals surface area contributed by atoms with Gasteiger partial charge in [-0.2, -0.15) is 12.6 Å². The van der Waals surface area contributed by atoms with Crippen LogP contribution >= 0.6 is 12.6 Å². The number of amides is 3. The molecule has 3 amide bonds. The van der Waals surface area contributed by atoms with Gasteiger partial charge in [0.25, 0.3) is 11.8 Å². The molecule has 0 saturated heterocycles. The molecule has 0 spiro atoms. The molecule has 0 atom stereocenters. The molecule has 7 heteroatoms. The van der Waals surface area contributed by atoms with Gasteiger partial charge >= 0.3 is 6.09 Å². The van der Waals surface area contributed by atoms with E-state index in [0.717, 1.165) is 11.3 Å². The minimum absolute atomic E-state index is 0.00807. The second-order valence-electron chi connectivity index (χ2n) is 3.30. The predicted molar refractivity (Wildman–Crippen MR) is 63.7 cm³/mol. The third-order valence-corrected chi connectivity index (χ3v) is 2.37. The molecular formula is C10H14N2O4S. The van der Waals surface area contributed by atoms with Crippen molar-refractivity contribution in [1.29, 1.82) is 0 Å². The van der Waals surface area contributed by atoms with Gasteiger partial charge in [0.2, 0.25) is 0 Å². The van der Waals surface area contributed by atoms with Gasteiger partial charge in [0, 0.05) is 18.7 Å². The number of nitrogens with one attached hydrogen (secondary N) is 1. The molecular weight excluding hydrogens is 244 g/mol. The Bertz CT molecular complexity index is 325. The van der Waals surface area contributed by atoms with Crippen molar-refractivity contribution in [3.05, 3.63) is 12.2 Å². The standard InChI is InChI=1S/C10H14N2O4S/c13-8-2-3-9(14)12(8)5-6-16-10(15)11-4-1-7-17/h2-3,17H,1,4-7H2,(H,11,15). The first-order chi connectivity index (χ1) is 8.15. The number of nitrogens with zero attached hydrogens (tertiary/aromatic N) is 1. The summed E-state index contributed by atoms with van der Waals surface area (Å²) in [6, 6.07) is 0. The van der Waals surface area contributed by atoms with Crippen LogP contribution in [-0.2, 0) is 14.3 Å². The third-order valence-electron chi connectivity index (χ3n) is 2.05. The molecule has 17 heavy (non-hydrogen) atoms. The SMILES string of the molecule is O=C(NCCCS)OCCN1C(=O)C=CC1=O. The number of thiol groups is 1. The summed E-state index contributed by atoms with van der Waals surface area (Å²) in [6.07, 6.45) is 2.58. The van der Waals surface area contributed by atoms with E-state index in [1.165, 1.54) is 12.2 Å². The van der Waals surface area contributed by atoms with Crippen LogP contribution in [0.3, 0.4) is 0 Å². The number of ether oxygens (including phenoxy) is 1. The molecule has 0 aromatic rings. The number of rotatable bonds is 6. The lowest BCUT2D eigenvalue weighted by atomic mass is 10.5. The average molecular weight is 258 g/mol. The Morgan fingerprint density at radius 2 is 2.00 bits per heavy atom. The Kier molecular flexibility index (Phi) is 5.55. The van der Waals surface area contributed by atoms with Crippen molar-refractivity contribution in [3.8, 4) is 0 Å². The smallest absolute Gasteiger partial charge is 0.407 e. The molecule has 1 N–H and O–H groups in total. The molecule has 94 valence electrons. The molecule has 1 heterocycles. The molecule has 0 radical (unpaired) electrons. The summed E-state index contributed by atoms with van der Waals surface area (Å²) in [4.78, 5) is 34.4. The Hall–Kier alpha value is -1.50. The van der Waals surface area contributed by atoms with Gasteiger partial charge in [-0.25, -0.2) is 4.79 Å². The summed E-state index contributed by atoms with van der Waals surface area (Å²) in [5, 5.41) is 2.52. The molecule has 6 nitrogen and oxygen atoms in total. The Morgan fingerprint density at radius 1 is 1.35 bits per heavy atom. The maximum atomic E-state index is 11.1. The van der Waals surface area contributed by atoms with Crippen LogP contribution in [-0.4, -0.2) is 48.3 Å². The van der Waals surface area contributed by atoms with Crippen molar-refractivity contribution in [2.24, 2.45) is 0 Å². The van der Waals surface area contributed by atoms with Gasteiger partial charge in [-0.1, -0.05) is 0 Å². The van der Waals surface area contributed by atoms with Gasteiger partial charge in [0.15, 0.2) is 0 Å². The van der Waals surface area contributed by atoms with Gasteiger partial charge in [-0.15, -0.1) is 0 Å². The quantitative estimate of drug-likeness (QED) is 0.398. The van der Waals surface area contributed by atoms with Crippen molar-refractivity contribution < 1.29 is 19.1 Å². The minimum Gasteiger partial charge on any atom is -0.448 e. The zero-order valence-electron chi connectivity index (χ0n) is 9.22. The number of hydrogen-bond donors (Lipinski definition) is 2. The molecule has 0 unspecified atom stereocenters. The van der Waals surface area contributed by atoms with E-state index in [1.807, 2.05) is 0 Å². The zero-order chi connectivity index (χ0) is 12.7. The first-order valence-electron chi connectivity index (χ1n) is 5.20. The molecule has 1 aliphatic rings. The van der Waals surface area contributed by atoms with E-state index in [4.69, 9.17) is 4.74 Å². The van der Waals surface area contributed by atoms with Crippen molar-refractivity contribution >= 4 is 30.5 Å². The van der Waals surface area contributed by atoms with Crippen LogP contribution in [0, 0.1) is 0 Å². The zero-order valence-corrected chi connectivity index (χ0v) is 10.1. The Labute approximate surface area is 104 Å². The lowest BCUT2D eigenvalue weighted by Crippen LogP contribution is -2.35. The lowest BCUT2D eigenvalue weighted by Gasteiger charge is -2.13. The summed E-state index contributed by atoms with van der Waals surface area (Å²) < 4.78 is 4.80. The highest BCUT2D eigenvalue weighted by Gasteiger charge is 2.22. The lowest BCUT2D eigenvalue weighted by molar-refractivity contribution is -0.137. The third kappa shape index (κ3) is 4.48. The van der Waals surface area contributed by atoms with Crippen molar-refractivity contribution in [2.45, 2.75) is 6.42 Å². The van der Waals surface area contributed by atoms with Crippen LogP contribution in [0.4, 0.5) is 4.79 Å². The van der Waals surface area contributed by atoms with Crippen LogP contribution < -0.4 is 5.32 Å². The highest BCUT2D eigenvalue weighted by molar-refractivity contribution is 7.80. The number of alkyl carbamates (subject to hydrolysis) is 1. The maximum absolute atomic E-state index is 11.1. The fourth-order valence-corrected chi connectivity index (χ4v) is 1.36. The maximum Gasteiger partial charge on any atom is 0.407 e. The summed E-state index contributed by atoms with van der Waals surface area (Å²) in [5.41, 5.74) is 0. The number of imide groups is 1. The normalized spacial score (nSPS) is 14.3. The molecule has 0 fully saturated rings. The minimum atomic E-state index is -0.557. The van der Waals surface area contributed by atoms with Crippen molar-refractivity contribution in [3.63, 3.8) is 0 Å². The van der Waals surface area contributed by atoms with E-state index in [2.05, 4.69) is 17.9 Å². The van der Waals surface area contributed by atoms with Crippen LogP contribution in [0.5, 0.6) is 0 Å². The molecule has 0 saturated carbocycles. The van der Waals surface area contributed by atoms with E-state index < -0.39 is 6.09 Å². The molecule has 1 aliphatic heterocycles. The van der Waals surface area contributed by atoms with Crippen LogP contribution in [0.15, 0.2) is 12.2 Å². The van der Waals surface area contributed by atoms with E-state index in [1.54, 1.807) is 0 Å². The molecule has 0 aromatic carbocycles. The number of carbonyl (C=O) groups is 3. The van der Waals surface area contributed by atoms with E-state index in [0.29, 0.717) is 12.3 Å². The highest BCUT2D eigenvalue weighted by atomic mass is 32.1. The second kappa shape index (κ2) is 6.95. The molecule has 0 aromatic heterocycles. The average Bonchev–Trinajstić information content (AvgIpc) is 2.61. The van der Waals surface area contributed by atoms with E-state index in [9.17, 15) is 14.4 Å². The summed E-state index contributed by atoms with van der Waals surface area (Å²) in [7, 11) is 0. The molecule has 1 rings (SSSR count). The van der Waals surface area contributed by atoms with E-state index >= 15 is 0 Å². The van der Waals surface area contributed by atoms with E-state index in [-0.39, 0.29) is 25.0 Å². The van der Waals surface area contributed by atoms with Gasteiger partial charge in [0.05, 0.1) is 6.54 Å². The van der Waals surface area contributed by atoms with Crippen LogP contribution in [0.1, 0.15) is 6.42 Å². The Balaban J connectivity index is 2.13. The van der Waals surface area contributed by atoms with Gasteiger partial charge in [0.1, 0.15) is 6.61 Å². The predicted octanol–water partition coefficient (Wildman–Crippen LogP) is -0.0425. The summed E-state index contributed by atoms with van der Waals surface area (Å²) in [5.74, 6) is -0.0777. The van der Waals surface area contributed by atoms with Crippen LogP contribution in [0.25, 0.3) is 0 Å². The molecule has 0 bridgehead atoms. The van der Waals surface area contributed by atoms with Crippen molar-refractivity contribution in [2.75, 3.05) is 25.4 Å². The van der Waals surface area contributed by atoms with Gasteiger partial charge < -0.3 is 10.1 Å². The topological polar surface area (TPSA) is 75.7 Å². The fraction of sp³-hybridized carbons (Fsp3) is 0.500. The number of carbonyl (C=O) groups excluding carboxylic acids is 3. The van der Waals surface area contributed by atoms with Gasteiger partial charge in [-0.05, 0) is 12.2 Å². The highest BCUT2D eigenvalue weighted by Crippen LogP contribution is 2.02. The second-order valence-corrected chi connectivity index (χ2v) is 3.75. The summed E-state index contributed by atoms with van der Waals surface area (Å²) >= 11 is 3.99. The van der Waals surface area contributed by atoms with Gasteiger partial charge in [-0.3, -0.25) is 14.5 Å². The first kappa shape index (κ1) is 13.6. The monoisotopic (exact) mass is 258 g/mol. The largest absolute Gasteiger partial charge is 0.448 e. The Morgan fingerprint density at radius 3 is 2.59 bits per heavy atom. The fourth-order valence-electron chi connectivity index (χ4n) is 1.20. The molecule has 0 aliphatic carbocycles. The first-order valence-corrected chi connectivity index (χ1v) is 5.83. The van der Waals surface area contributed by atoms with Crippen LogP contribution in [0.2, 0.25) is 0 Å². The number of hydrogen-bond acceptors (Lipinski definition) is 5. The summed E-state index contributed by atoms with van der Waals surface area (Å²) in [6.45, 7) is 0.558. The van der Waals surface area contributed by atoms with Crippen molar-refractivity contribution in [1.82, 2.24) is 10.2 Å².